The molecule has 0 bridgehead atoms. The first-order valence-corrected chi connectivity index (χ1v) is 10.2. The molecule has 0 unspecified atom stereocenters. The van der Waals surface area contributed by atoms with Crippen LogP contribution in [0.5, 0.6) is 17.2 Å². The molecule has 0 aliphatic rings. The fraction of sp³-hybridized carbons (Fsp3) is 0.250. The third-order valence-electron chi connectivity index (χ3n) is 4.22. The van der Waals surface area contributed by atoms with E-state index in [1.165, 1.54) is 33.1 Å². The number of benzene rings is 2. The maximum atomic E-state index is 12.4. The van der Waals surface area contributed by atoms with Crippen LogP contribution in [0.15, 0.2) is 41.6 Å². The molecule has 0 atom stereocenters. The Balaban J connectivity index is 1.67. The quantitative estimate of drug-likeness (QED) is 0.523. The molecule has 1 amide bonds. The van der Waals surface area contributed by atoms with Crippen LogP contribution >= 0.6 is 23.4 Å². The Labute approximate surface area is 183 Å². The summed E-state index contributed by atoms with van der Waals surface area (Å²) < 4.78 is 17.7. The van der Waals surface area contributed by atoms with Crippen molar-refractivity contribution in [2.75, 3.05) is 32.4 Å². The van der Waals surface area contributed by atoms with Crippen molar-refractivity contribution < 1.29 is 19.0 Å². The van der Waals surface area contributed by atoms with Crippen molar-refractivity contribution in [2.24, 2.45) is 7.05 Å². The number of amides is 1. The second-order valence-corrected chi connectivity index (χ2v) is 7.50. The number of hydrogen-bond acceptors (Lipinski definition) is 7. The molecule has 3 aromatic rings. The number of aromatic nitrogens is 3. The standard InChI is InChI=1S/C20H21ClN4O4S/c1-25-19(12-5-7-13(21)8-6-12)23-24-20(25)30-11-17(26)22-14-9-15(27-2)18(29-4)16(10-14)28-3/h5-10H,11H2,1-4H3,(H,22,26). The van der Waals surface area contributed by atoms with Crippen molar-refractivity contribution in [2.45, 2.75) is 5.16 Å². The molecule has 2 aromatic carbocycles. The van der Waals surface area contributed by atoms with Gasteiger partial charge < -0.3 is 24.1 Å². The minimum Gasteiger partial charge on any atom is -0.493 e. The second-order valence-electron chi connectivity index (χ2n) is 6.12. The Kier molecular flexibility index (Phi) is 7.07. The van der Waals surface area contributed by atoms with E-state index in [2.05, 4.69) is 15.5 Å². The number of methoxy groups -OCH3 is 3. The third-order valence-corrected chi connectivity index (χ3v) is 5.49. The molecule has 0 saturated carbocycles. The number of thioether (sulfide) groups is 1. The Hall–Kier alpha value is -2.91. The molecule has 0 radical (unpaired) electrons. The molecule has 8 nitrogen and oxygen atoms in total. The summed E-state index contributed by atoms with van der Waals surface area (Å²) in [4.78, 5) is 12.4. The Morgan fingerprint density at radius 1 is 1.07 bits per heavy atom. The topological polar surface area (TPSA) is 87.5 Å². The number of ether oxygens (including phenoxy) is 3. The van der Waals surface area contributed by atoms with E-state index in [0.29, 0.717) is 38.9 Å². The van der Waals surface area contributed by atoms with Crippen LogP contribution in [0.4, 0.5) is 5.69 Å². The van der Waals surface area contributed by atoms with Crippen LogP contribution in [0, 0.1) is 0 Å². The van der Waals surface area contributed by atoms with E-state index in [9.17, 15) is 4.79 Å². The maximum Gasteiger partial charge on any atom is 0.234 e. The molecule has 0 spiro atoms. The number of hydrogen-bond donors (Lipinski definition) is 1. The lowest BCUT2D eigenvalue weighted by atomic mass is 10.2. The highest BCUT2D eigenvalue weighted by atomic mass is 35.5. The highest BCUT2D eigenvalue weighted by molar-refractivity contribution is 7.99. The molecule has 0 aliphatic heterocycles. The van der Waals surface area contributed by atoms with Crippen LogP contribution in [-0.4, -0.2) is 47.8 Å². The molecule has 1 N–H and O–H groups in total. The van der Waals surface area contributed by atoms with Gasteiger partial charge in [0.05, 0.1) is 27.1 Å². The van der Waals surface area contributed by atoms with Crippen molar-refractivity contribution in [3.63, 3.8) is 0 Å². The number of rotatable bonds is 8. The van der Waals surface area contributed by atoms with Gasteiger partial charge in [-0.2, -0.15) is 0 Å². The second kappa shape index (κ2) is 9.73. The van der Waals surface area contributed by atoms with Gasteiger partial charge in [-0.25, -0.2) is 0 Å². The van der Waals surface area contributed by atoms with E-state index in [-0.39, 0.29) is 11.7 Å². The normalized spacial score (nSPS) is 10.6. The number of carbonyl (C=O) groups excluding carboxylic acids is 1. The molecular weight excluding hydrogens is 428 g/mol. The van der Waals surface area contributed by atoms with Crippen LogP contribution in [0.2, 0.25) is 5.02 Å². The Morgan fingerprint density at radius 2 is 1.70 bits per heavy atom. The average Bonchev–Trinajstić information content (AvgIpc) is 3.12. The number of nitrogens with zero attached hydrogens (tertiary/aromatic N) is 3. The van der Waals surface area contributed by atoms with Gasteiger partial charge in [-0.3, -0.25) is 4.79 Å². The average molecular weight is 449 g/mol. The first-order chi connectivity index (χ1) is 14.5. The Bertz CT molecular complexity index is 1010. The lowest BCUT2D eigenvalue weighted by Crippen LogP contribution is -2.14. The van der Waals surface area contributed by atoms with Gasteiger partial charge >= 0.3 is 0 Å². The van der Waals surface area contributed by atoms with E-state index >= 15 is 0 Å². The molecule has 0 aliphatic carbocycles. The summed E-state index contributed by atoms with van der Waals surface area (Å²) in [5.41, 5.74) is 1.43. The van der Waals surface area contributed by atoms with Crippen molar-refractivity contribution in [1.29, 1.82) is 0 Å². The van der Waals surface area contributed by atoms with Crippen molar-refractivity contribution in [3.05, 3.63) is 41.4 Å². The van der Waals surface area contributed by atoms with Crippen LogP contribution in [0.25, 0.3) is 11.4 Å². The first kappa shape index (κ1) is 21.8. The van der Waals surface area contributed by atoms with Gasteiger partial charge in [-0.15, -0.1) is 10.2 Å². The highest BCUT2D eigenvalue weighted by Gasteiger charge is 2.16. The molecule has 30 heavy (non-hydrogen) atoms. The predicted molar refractivity (Wildman–Crippen MR) is 117 cm³/mol. The number of nitrogens with one attached hydrogen (secondary N) is 1. The van der Waals surface area contributed by atoms with Gasteiger partial charge in [0, 0.05) is 35.5 Å². The van der Waals surface area contributed by atoms with E-state index in [1.54, 1.807) is 24.3 Å². The van der Waals surface area contributed by atoms with Crippen LogP contribution < -0.4 is 19.5 Å². The lowest BCUT2D eigenvalue weighted by Gasteiger charge is -2.14. The summed E-state index contributed by atoms with van der Waals surface area (Å²) in [7, 11) is 6.41. The summed E-state index contributed by atoms with van der Waals surface area (Å²) in [5, 5.41) is 12.5. The fourth-order valence-corrected chi connectivity index (χ4v) is 3.61. The van der Waals surface area contributed by atoms with E-state index in [0.717, 1.165) is 5.56 Å². The van der Waals surface area contributed by atoms with Crippen molar-refractivity contribution >= 4 is 35.0 Å². The predicted octanol–water partition coefficient (Wildman–Crippen LogP) is 3.89. The summed E-state index contributed by atoms with van der Waals surface area (Å²) in [5.74, 6) is 2.02. The lowest BCUT2D eigenvalue weighted by molar-refractivity contribution is -0.113. The minimum atomic E-state index is -0.203. The molecule has 3 rings (SSSR count). The van der Waals surface area contributed by atoms with Crippen molar-refractivity contribution in [3.8, 4) is 28.6 Å². The fourth-order valence-electron chi connectivity index (χ4n) is 2.77. The van der Waals surface area contributed by atoms with E-state index < -0.39 is 0 Å². The molecule has 10 heteroatoms. The molecule has 158 valence electrons. The number of anilines is 1. The monoisotopic (exact) mass is 448 g/mol. The van der Waals surface area contributed by atoms with Gasteiger partial charge in [0.1, 0.15) is 0 Å². The minimum absolute atomic E-state index is 0.156. The van der Waals surface area contributed by atoms with Gasteiger partial charge in [-0.1, -0.05) is 23.4 Å². The molecular formula is C20H21ClN4O4S. The SMILES string of the molecule is COc1cc(NC(=O)CSc2nnc(-c3ccc(Cl)cc3)n2C)cc(OC)c1OC. The zero-order valence-corrected chi connectivity index (χ0v) is 18.5. The molecule has 0 saturated heterocycles. The number of halogens is 1. The summed E-state index contributed by atoms with van der Waals surface area (Å²) >= 11 is 7.22. The molecule has 0 fully saturated rings. The van der Waals surface area contributed by atoms with E-state index in [1.807, 2.05) is 23.7 Å². The van der Waals surface area contributed by atoms with E-state index in [4.69, 9.17) is 25.8 Å². The summed E-state index contributed by atoms with van der Waals surface area (Å²) in [6.45, 7) is 0. The maximum absolute atomic E-state index is 12.4. The van der Waals surface area contributed by atoms with Gasteiger partial charge in [0.2, 0.25) is 11.7 Å². The summed E-state index contributed by atoms with van der Waals surface area (Å²) in [6, 6.07) is 10.7. The zero-order chi connectivity index (χ0) is 21.7. The number of carbonyl (C=O) groups is 1. The first-order valence-electron chi connectivity index (χ1n) is 8.84. The van der Waals surface area contributed by atoms with Crippen LogP contribution in [0.1, 0.15) is 0 Å². The third kappa shape index (κ3) is 4.80. The van der Waals surface area contributed by atoms with Crippen LogP contribution in [0.3, 0.4) is 0 Å². The molecule has 1 aromatic heterocycles. The van der Waals surface area contributed by atoms with Gasteiger partial charge in [0.15, 0.2) is 22.5 Å². The van der Waals surface area contributed by atoms with Crippen LogP contribution in [-0.2, 0) is 11.8 Å². The van der Waals surface area contributed by atoms with Gasteiger partial charge in [-0.05, 0) is 24.3 Å². The van der Waals surface area contributed by atoms with Crippen molar-refractivity contribution in [1.82, 2.24) is 14.8 Å². The smallest absolute Gasteiger partial charge is 0.234 e. The largest absolute Gasteiger partial charge is 0.493 e. The summed E-state index contributed by atoms with van der Waals surface area (Å²) in [6.07, 6.45) is 0. The van der Waals surface area contributed by atoms with Gasteiger partial charge in [0.25, 0.3) is 0 Å². The highest BCUT2D eigenvalue weighted by Crippen LogP contribution is 2.40. The molecule has 1 heterocycles. The zero-order valence-electron chi connectivity index (χ0n) is 16.9. The Morgan fingerprint density at radius 3 is 2.27 bits per heavy atom.